The van der Waals surface area contributed by atoms with Crippen LogP contribution in [0.2, 0.25) is 0 Å². The predicted molar refractivity (Wildman–Crippen MR) is 58.8 cm³/mol. The van der Waals surface area contributed by atoms with Crippen molar-refractivity contribution < 1.29 is 14.0 Å². The first-order valence-electron chi connectivity index (χ1n) is 4.48. The van der Waals surface area contributed by atoms with Crippen LogP contribution < -0.4 is 5.32 Å². The number of ketones is 1. The summed E-state index contributed by atoms with van der Waals surface area (Å²) in [6, 6.07) is 3.17. The van der Waals surface area contributed by atoms with E-state index in [1.165, 1.54) is 19.4 Å². The number of nitrogens with one attached hydrogen (secondary N) is 1. The molecule has 0 aliphatic rings. The zero-order chi connectivity index (χ0) is 11.5. The number of hydrogen-bond acceptors (Lipinski definition) is 5. The summed E-state index contributed by atoms with van der Waals surface area (Å²) in [4.78, 5) is 27.0. The first-order valence-corrected chi connectivity index (χ1v) is 5.30. The van der Waals surface area contributed by atoms with Crippen LogP contribution in [-0.4, -0.2) is 16.7 Å². The molecule has 2 rings (SSSR count). The van der Waals surface area contributed by atoms with Crippen molar-refractivity contribution in [3.05, 3.63) is 35.2 Å². The van der Waals surface area contributed by atoms with Gasteiger partial charge in [0.05, 0.1) is 17.3 Å². The number of carbonyl (C=O) groups excluding carboxylic acids is 2. The van der Waals surface area contributed by atoms with Gasteiger partial charge in [0.15, 0.2) is 16.7 Å². The Morgan fingerprint density at radius 2 is 2.31 bits per heavy atom. The second-order valence-electron chi connectivity index (χ2n) is 3.02. The number of rotatable bonds is 3. The molecule has 0 atom stereocenters. The summed E-state index contributed by atoms with van der Waals surface area (Å²) in [6.07, 6.45) is 2.85. The van der Waals surface area contributed by atoms with Gasteiger partial charge in [0.1, 0.15) is 0 Å². The van der Waals surface area contributed by atoms with E-state index in [-0.39, 0.29) is 17.5 Å². The summed E-state index contributed by atoms with van der Waals surface area (Å²) in [5.41, 5.74) is 0. The molecule has 0 bridgehead atoms. The van der Waals surface area contributed by atoms with Gasteiger partial charge in [-0.3, -0.25) is 14.9 Å². The third-order valence-electron chi connectivity index (χ3n) is 1.82. The first-order chi connectivity index (χ1) is 7.66. The van der Waals surface area contributed by atoms with E-state index in [0.717, 1.165) is 11.3 Å². The van der Waals surface area contributed by atoms with Crippen LogP contribution in [0.5, 0.6) is 0 Å². The SMILES string of the molecule is CC(=O)c1cnc(NC(=O)c2ccco2)s1. The fraction of sp³-hybridized carbons (Fsp3) is 0.100. The van der Waals surface area contributed by atoms with Crippen LogP contribution in [0.15, 0.2) is 29.0 Å². The molecule has 0 aliphatic heterocycles. The molecule has 0 spiro atoms. The highest BCUT2D eigenvalue weighted by Gasteiger charge is 2.12. The molecule has 0 aromatic carbocycles. The summed E-state index contributed by atoms with van der Waals surface area (Å²) in [5.74, 6) is -0.245. The Labute approximate surface area is 95.1 Å². The van der Waals surface area contributed by atoms with E-state index in [4.69, 9.17) is 4.42 Å². The molecule has 1 N–H and O–H groups in total. The van der Waals surface area contributed by atoms with E-state index >= 15 is 0 Å². The molecule has 16 heavy (non-hydrogen) atoms. The van der Waals surface area contributed by atoms with Crippen molar-refractivity contribution in [1.29, 1.82) is 0 Å². The Balaban J connectivity index is 2.09. The molecule has 6 heteroatoms. The zero-order valence-corrected chi connectivity index (χ0v) is 9.21. The maximum Gasteiger partial charge on any atom is 0.293 e. The van der Waals surface area contributed by atoms with Crippen molar-refractivity contribution in [3.63, 3.8) is 0 Å². The van der Waals surface area contributed by atoms with Gasteiger partial charge in [0.25, 0.3) is 5.91 Å². The molecule has 1 amide bonds. The highest BCUT2D eigenvalue weighted by Crippen LogP contribution is 2.19. The number of carbonyl (C=O) groups is 2. The van der Waals surface area contributed by atoms with Gasteiger partial charge in [-0.15, -0.1) is 0 Å². The van der Waals surface area contributed by atoms with Crippen molar-refractivity contribution >= 4 is 28.2 Å². The van der Waals surface area contributed by atoms with Crippen LogP contribution in [0.4, 0.5) is 5.13 Å². The maximum absolute atomic E-state index is 11.5. The third kappa shape index (κ3) is 2.17. The summed E-state index contributed by atoms with van der Waals surface area (Å²) in [5, 5.41) is 2.92. The van der Waals surface area contributed by atoms with Gasteiger partial charge >= 0.3 is 0 Å². The topological polar surface area (TPSA) is 72.2 Å². The van der Waals surface area contributed by atoms with E-state index in [1.54, 1.807) is 12.1 Å². The molecular formula is C10H8N2O3S. The summed E-state index contributed by atoms with van der Waals surface area (Å²) < 4.78 is 4.92. The van der Waals surface area contributed by atoms with Crippen molar-refractivity contribution in [2.45, 2.75) is 6.92 Å². The van der Waals surface area contributed by atoms with Gasteiger partial charge in [0, 0.05) is 6.92 Å². The minimum Gasteiger partial charge on any atom is -0.459 e. The van der Waals surface area contributed by atoms with E-state index < -0.39 is 0 Å². The van der Waals surface area contributed by atoms with Gasteiger partial charge in [-0.2, -0.15) is 0 Å². The number of aromatic nitrogens is 1. The number of thiazole rings is 1. The summed E-state index contributed by atoms with van der Waals surface area (Å²) >= 11 is 1.13. The van der Waals surface area contributed by atoms with Crippen molar-refractivity contribution in [3.8, 4) is 0 Å². The van der Waals surface area contributed by atoms with Crippen LogP contribution in [0.1, 0.15) is 27.2 Å². The average molecular weight is 236 g/mol. The van der Waals surface area contributed by atoms with E-state index in [0.29, 0.717) is 10.0 Å². The first kappa shape index (κ1) is 10.6. The van der Waals surface area contributed by atoms with Crippen LogP contribution in [0, 0.1) is 0 Å². The molecule has 2 aromatic heterocycles. The minimum atomic E-state index is -0.380. The Bertz CT molecular complexity index is 516. The van der Waals surface area contributed by atoms with Crippen LogP contribution in [-0.2, 0) is 0 Å². The summed E-state index contributed by atoms with van der Waals surface area (Å²) in [6.45, 7) is 1.45. The predicted octanol–water partition coefficient (Wildman–Crippen LogP) is 2.19. The quantitative estimate of drug-likeness (QED) is 0.829. The fourth-order valence-corrected chi connectivity index (χ4v) is 1.77. The lowest BCUT2D eigenvalue weighted by atomic mass is 10.4. The molecule has 0 fully saturated rings. The lowest BCUT2D eigenvalue weighted by Crippen LogP contribution is -2.10. The molecule has 0 unspecified atom stereocenters. The number of furan rings is 1. The van der Waals surface area contributed by atoms with E-state index in [9.17, 15) is 9.59 Å². The van der Waals surface area contributed by atoms with E-state index in [1.807, 2.05) is 0 Å². The second kappa shape index (κ2) is 4.28. The highest BCUT2D eigenvalue weighted by atomic mass is 32.1. The lowest BCUT2D eigenvalue weighted by Gasteiger charge is -1.96. The van der Waals surface area contributed by atoms with Gasteiger partial charge in [-0.1, -0.05) is 11.3 Å². The Kier molecular flexibility index (Phi) is 2.82. The monoisotopic (exact) mass is 236 g/mol. The molecular weight excluding hydrogens is 228 g/mol. The van der Waals surface area contributed by atoms with Gasteiger partial charge in [-0.05, 0) is 12.1 Å². The van der Waals surface area contributed by atoms with Gasteiger partial charge < -0.3 is 4.42 Å². The second-order valence-corrected chi connectivity index (χ2v) is 4.05. The Morgan fingerprint density at radius 3 is 2.88 bits per heavy atom. The molecule has 2 heterocycles. The van der Waals surface area contributed by atoms with Crippen LogP contribution in [0.25, 0.3) is 0 Å². The number of Topliss-reactive ketones (excluding diaryl/α,β-unsaturated/α-hetero) is 1. The largest absolute Gasteiger partial charge is 0.459 e. The van der Waals surface area contributed by atoms with Crippen molar-refractivity contribution in [2.24, 2.45) is 0 Å². The Morgan fingerprint density at radius 1 is 1.50 bits per heavy atom. The zero-order valence-electron chi connectivity index (χ0n) is 8.39. The molecule has 0 radical (unpaired) electrons. The number of hydrogen-bond donors (Lipinski definition) is 1. The molecule has 0 saturated carbocycles. The van der Waals surface area contributed by atoms with Gasteiger partial charge in [0.2, 0.25) is 0 Å². The minimum absolute atomic E-state index is 0.0732. The van der Waals surface area contributed by atoms with Crippen LogP contribution >= 0.6 is 11.3 Å². The van der Waals surface area contributed by atoms with E-state index in [2.05, 4.69) is 10.3 Å². The Hall–Kier alpha value is -1.95. The normalized spacial score (nSPS) is 10.1. The molecule has 2 aromatic rings. The lowest BCUT2D eigenvalue weighted by molar-refractivity contribution is 0.0994. The average Bonchev–Trinajstić information content (AvgIpc) is 2.87. The molecule has 5 nitrogen and oxygen atoms in total. The molecule has 0 aliphatic carbocycles. The van der Waals surface area contributed by atoms with Crippen molar-refractivity contribution in [2.75, 3.05) is 5.32 Å². The standard InChI is InChI=1S/C10H8N2O3S/c1-6(13)8-5-11-10(16-8)12-9(14)7-3-2-4-15-7/h2-5H,1H3,(H,11,12,14). The number of anilines is 1. The third-order valence-corrected chi connectivity index (χ3v) is 2.83. The highest BCUT2D eigenvalue weighted by molar-refractivity contribution is 7.17. The van der Waals surface area contributed by atoms with Gasteiger partial charge in [-0.25, -0.2) is 4.98 Å². The maximum atomic E-state index is 11.5. The molecule has 0 saturated heterocycles. The molecule has 82 valence electrons. The summed E-state index contributed by atoms with van der Waals surface area (Å²) in [7, 11) is 0. The fourth-order valence-electron chi connectivity index (χ4n) is 1.06. The smallest absolute Gasteiger partial charge is 0.293 e. The van der Waals surface area contributed by atoms with Crippen molar-refractivity contribution in [1.82, 2.24) is 4.98 Å². The number of amides is 1. The van der Waals surface area contributed by atoms with Crippen LogP contribution in [0.3, 0.4) is 0 Å². The number of nitrogens with zero attached hydrogens (tertiary/aromatic N) is 1.